The molecule has 0 bridgehead atoms. The Morgan fingerprint density at radius 3 is 2.45 bits per heavy atom. The van der Waals surface area contributed by atoms with E-state index in [0.29, 0.717) is 13.2 Å². The number of hydrogen-bond acceptors (Lipinski definition) is 6. The third-order valence-corrected chi connectivity index (χ3v) is 2.13. The summed E-state index contributed by atoms with van der Waals surface area (Å²) in [6.45, 7) is 1.14. The molecule has 0 fully saturated rings. The Bertz CT molecular complexity index is 416. The van der Waals surface area contributed by atoms with Gasteiger partial charge in [0.1, 0.15) is 6.61 Å². The smallest absolute Gasteiger partial charge is 0.433 e. The molecule has 0 aromatic carbocycles. The van der Waals surface area contributed by atoms with Crippen molar-refractivity contribution in [1.82, 2.24) is 9.97 Å². The molecule has 20 heavy (non-hydrogen) atoms. The Kier molecular flexibility index (Phi) is 6.46. The standard InChI is InChI=1S/C11H16F3N3O3/c1-15-10-16-8(11(12,13)14)7-9(17-10)20-6-5-19-4-3-18-2/h7H,3-6H2,1-2H3,(H,15,16,17). The van der Waals surface area contributed by atoms with Crippen molar-refractivity contribution < 1.29 is 27.4 Å². The molecule has 9 heteroatoms. The number of rotatable bonds is 8. The van der Waals surface area contributed by atoms with Gasteiger partial charge in [-0.2, -0.15) is 18.2 Å². The molecule has 0 aliphatic carbocycles. The Labute approximate surface area is 114 Å². The van der Waals surface area contributed by atoms with Gasteiger partial charge in [0.05, 0.1) is 19.8 Å². The topological polar surface area (TPSA) is 65.5 Å². The fourth-order valence-corrected chi connectivity index (χ4v) is 1.21. The summed E-state index contributed by atoms with van der Waals surface area (Å²) in [7, 11) is 2.96. The Hall–Kier alpha value is -1.61. The van der Waals surface area contributed by atoms with Gasteiger partial charge >= 0.3 is 6.18 Å². The number of anilines is 1. The maximum Gasteiger partial charge on any atom is 0.433 e. The van der Waals surface area contributed by atoms with Gasteiger partial charge in [0.25, 0.3) is 0 Å². The minimum atomic E-state index is -4.55. The van der Waals surface area contributed by atoms with Crippen LogP contribution in [-0.2, 0) is 15.7 Å². The number of nitrogens with zero attached hydrogens (tertiary/aromatic N) is 2. The van der Waals surface area contributed by atoms with Crippen LogP contribution in [0.25, 0.3) is 0 Å². The molecule has 0 atom stereocenters. The SMILES string of the molecule is CNc1nc(OCCOCCOC)cc(C(F)(F)F)n1. The normalized spacial score (nSPS) is 11.4. The van der Waals surface area contributed by atoms with Crippen LogP contribution < -0.4 is 10.1 Å². The molecular formula is C11H16F3N3O3. The lowest BCUT2D eigenvalue weighted by Gasteiger charge is -2.11. The first kappa shape index (κ1) is 16.4. The fourth-order valence-electron chi connectivity index (χ4n) is 1.21. The Morgan fingerprint density at radius 2 is 1.85 bits per heavy atom. The molecule has 0 saturated heterocycles. The van der Waals surface area contributed by atoms with E-state index in [2.05, 4.69) is 15.3 Å². The first-order chi connectivity index (χ1) is 9.47. The van der Waals surface area contributed by atoms with Gasteiger partial charge in [-0.15, -0.1) is 0 Å². The summed E-state index contributed by atoms with van der Waals surface area (Å²) in [6, 6.07) is 0.746. The zero-order valence-corrected chi connectivity index (χ0v) is 11.2. The lowest BCUT2D eigenvalue weighted by molar-refractivity contribution is -0.141. The zero-order chi connectivity index (χ0) is 15.0. The molecule has 114 valence electrons. The highest BCUT2D eigenvalue weighted by Crippen LogP contribution is 2.30. The summed E-state index contributed by atoms with van der Waals surface area (Å²) in [5.41, 5.74) is -1.06. The van der Waals surface area contributed by atoms with Crippen molar-refractivity contribution in [3.05, 3.63) is 11.8 Å². The van der Waals surface area contributed by atoms with Gasteiger partial charge in [-0.25, -0.2) is 4.98 Å². The second kappa shape index (κ2) is 7.85. The number of ether oxygens (including phenoxy) is 3. The number of methoxy groups -OCH3 is 1. The quantitative estimate of drug-likeness (QED) is 0.735. The largest absolute Gasteiger partial charge is 0.475 e. The van der Waals surface area contributed by atoms with Gasteiger partial charge in [-0.3, -0.25) is 0 Å². The van der Waals surface area contributed by atoms with Gasteiger partial charge in [0.15, 0.2) is 5.69 Å². The summed E-state index contributed by atoms with van der Waals surface area (Å²) in [4.78, 5) is 7.09. The second-order valence-corrected chi connectivity index (χ2v) is 3.62. The van der Waals surface area contributed by atoms with Crippen LogP contribution in [-0.4, -0.2) is 50.6 Å². The summed E-state index contributed by atoms with van der Waals surface area (Å²) in [6.07, 6.45) is -4.55. The van der Waals surface area contributed by atoms with Gasteiger partial charge < -0.3 is 19.5 Å². The van der Waals surface area contributed by atoms with Crippen LogP contribution in [0.1, 0.15) is 5.69 Å². The van der Waals surface area contributed by atoms with Crippen molar-refractivity contribution in [3.63, 3.8) is 0 Å². The van der Waals surface area contributed by atoms with E-state index in [9.17, 15) is 13.2 Å². The number of aromatic nitrogens is 2. The van der Waals surface area contributed by atoms with Crippen LogP contribution in [0.3, 0.4) is 0 Å². The lowest BCUT2D eigenvalue weighted by Crippen LogP contribution is -2.14. The lowest BCUT2D eigenvalue weighted by atomic mass is 10.4. The molecule has 0 amide bonds. The molecule has 1 aromatic heterocycles. The molecule has 0 saturated carbocycles. The van der Waals surface area contributed by atoms with Crippen LogP contribution in [0.15, 0.2) is 6.07 Å². The van der Waals surface area contributed by atoms with Crippen molar-refractivity contribution in [2.45, 2.75) is 6.18 Å². The van der Waals surface area contributed by atoms with E-state index < -0.39 is 11.9 Å². The van der Waals surface area contributed by atoms with E-state index in [0.717, 1.165) is 6.07 Å². The molecular weight excluding hydrogens is 279 g/mol. The van der Waals surface area contributed by atoms with E-state index in [4.69, 9.17) is 14.2 Å². The number of halogens is 3. The molecule has 0 unspecified atom stereocenters. The molecule has 0 aliphatic heterocycles. The number of hydrogen-bond donors (Lipinski definition) is 1. The van der Waals surface area contributed by atoms with Crippen LogP contribution in [0.4, 0.5) is 19.1 Å². The van der Waals surface area contributed by atoms with Crippen LogP contribution >= 0.6 is 0 Å². The van der Waals surface area contributed by atoms with Crippen LogP contribution in [0, 0.1) is 0 Å². The molecule has 1 rings (SSSR count). The first-order valence-corrected chi connectivity index (χ1v) is 5.81. The average molecular weight is 295 g/mol. The van der Waals surface area contributed by atoms with Gasteiger partial charge in [0.2, 0.25) is 11.8 Å². The highest BCUT2D eigenvalue weighted by molar-refractivity contribution is 5.31. The van der Waals surface area contributed by atoms with Gasteiger partial charge in [-0.05, 0) is 0 Å². The fraction of sp³-hybridized carbons (Fsp3) is 0.636. The van der Waals surface area contributed by atoms with Crippen molar-refractivity contribution in [1.29, 1.82) is 0 Å². The molecule has 0 radical (unpaired) electrons. The third-order valence-electron chi connectivity index (χ3n) is 2.13. The molecule has 6 nitrogen and oxygen atoms in total. The van der Waals surface area contributed by atoms with Gasteiger partial charge in [0, 0.05) is 20.2 Å². The zero-order valence-electron chi connectivity index (χ0n) is 11.2. The minimum Gasteiger partial charge on any atom is -0.475 e. The molecule has 1 heterocycles. The molecule has 1 N–H and O–H groups in total. The van der Waals surface area contributed by atoms with Crippen LogP contribution in [0.5, 0.6) is 5.88 Å². The predicted octanol–water partition coefficient (Wildman–Crippen LogP) is 1.58. The van der Waals surface area contributed by atoms with E-state index in [1.54, 1.807) is 7.11 Å². The maximum absolute atomic E-state index is 12.6. The number of alkyl halides is 3. The molecule has 1 aromatic rings. The van der Waals surface area contributed by atoms with Crippen molar-refractivity contribution >= 4 is 5.95 Å². The van der Waals surface area contributed by atoms with E-state index in [1.165, 1.54) is 7.05 Å². The monoisotopic (exact) mass is 295 g/mol. The van der Waals surface area contributed by atoms with Crippen molar-refractivity contribution in [3.8, 4) is 5.88 Å². The van der Waals surface area contributed by atoms with E-state index >= 15 is 0 Å². The van der Waals surface area contributed by atoms with E-state index in [1.807, 2.05) is 0 Å². The minimum absolute atomic E-state index is 0.0845. The van der Waals surface area contributed by atoms with Crippen molar-refractivity contribution in [2.24, 2.45) is 0 Å². The molecule has 0 aliphatic rings. The highest BCUT2D eigenvalue weighted by atomic mass is 19.4. The Morgan fingerprint density at radius 1 is 1.15 bits per heavy atom. The average Bonchev–Trinajstić information content (AvgIpc) is 2.41. The highest BCUT2D eigenvalue weighted by Gasteiger charge is 2.33. The first-order valence-electron chi connectivity index (χ1n) is 5.81. The second-order valence-electron chi connectivity index (χ2n) is 3.62. The maximum atomic E-state index is 12.6. The summed E-state index contributed by atoms with van der Waals surface area (Å²) in [5.74, 6) is -0.317. The molecule has 0 spiro atoms. The van der Waals surface area contributed by atoms with Gasteiger partial charge in [-0.1, -0.05) is 0 Å². The summed E-state index contributed by atoms with van der Waals surface area (Å²) >= 11 is 0. The number of nitrogens with one attached hydrogen (secondary N) is 1. The van der Waals surface area contributed by atoms with Crippen molar-refractivity contribution in [2.75, 3.05) is 45.9 Å². The third kappa shape index (κ3) is 5.57. The Balaban J connectivity index is 2.56. The summed E-state index contributed by atoms with van der Waals surface area (Å²) in [5, 5.41) is 2.45. The summed E-state index contributed by atoms with van der Waals surface area (Å²) < 4.78 is 52.8. The van der Waals surface area contributed by atoms with Crippen LogP contribution in [0.2, 0.25) is 0 Å². The van der Waals surface area contributed by atoms with E-state index in [-0.39, 0.29) is 25.0 Å². The predicted molar refractivity (Wildman–Crippen MR) is 64.8 cm³/mol.